The molecule has 39 heavy (non-hydrogen) atoms. The van der Waals surface area contributed by atoms with E-state index in [2.05, 4.69) is 11.3 Å². The van der Waals surface area contributed by atoms with Gasteiger partial charge in [-0.3, -0.25) is 24.0 Å². The lowest BCUT2D eigenvalue weighted by Gasteiger charge is -2.15. The highest BCUT2D eigenvalue weighted by Gasteiger charge is 2.21. The number of nitro groups is 1. The molecular weight excluding hydrogens is 528 g/mol. The zero-order valence-electron chi connectivity index (χ0n) is 21.7. The average Bonchev–Trinajstić information content (AvgIpc) is 2.86. The van der Waals surface area contributed by atoms with Gasteiger partial charge < -0.3 is 4.74 Å². The van der Waals surface area contributed by atoms with Crippen molar-refractivity contribution in [2.75, 3.05) is 19.4 Å². The highest BCUT2D eigenvalue weighted by Crippen LogP contribution is 2.22. The molecule has 0 aliphatic heterocycles. The summed E-state index contributed by atoms with van der Waals surface area (Å²) in [5, 5.41) is 11.4. The van der Waals surface area contributed by atoms with Gasteiger partial charge in [-0.1, -0.05) is 30.8 Å². The molecule has 3 rings (SSSR count). The molecule has 0 bridgehead atoms. The second-order valence-corrected chi connectivity index (χ2v) is 10.5. The summed E-state index contributed by atoms with van der Waals surface area (Å²) in [4.78, 5) is 50.1. The van der Waals surface area contributed by atoms with E-state index in [9.17, 15) is 32.9 Å². The summed E-state index contributed by atoms with van der Waals surface area (Å²) in [6, 6.07) is 10.9. The summed E-state index contributed by atoms with van der Waals surface area (Å²) in [6.45, 7) is 6.93. The number of hydrogen-bond donors (Lipinski definition) is 1. The topological polar surface area (TPSA) is 160 Å². The first-order valence-electron chi connectivity index (χ1n) is 11.8. The molecule has 0 fully saturated rings. The fourth-order valence-corrected chi connectivity index (χ4v) is 4.35. The van der Waals surface area contributed by atoms with Crippen LogP contribution in [0.3, 0.4) is 0 Å². The Morgan fingerprint density at radius 2 is 1.82 bits per heavy atom. The molecule has 0 amide bonds. The van der Waals surface area contributed by atoms with Crippen LogP contribution in [0.15, 0.2) is 64.8 Å². The standard InChI is InChI=1S/C26H28N4O8S/c1-5-38-25(32)22-16-28(21-11-9-19(10-12-21)17(2)13-14-27-39(4,36)37)26(33)29(24(22)31)15-20-7-6-8-23(18(20)3)30(34)35/h6-12,16,27H,2,5,13-15H2,1,3-4H3. The summed E-state index contributed by atoms with van der Waals surface area (Å²) in [6.07, 6.45) is 2.53. The van der Waals surface area contributed by atoms with Crippen molar-refractivity contribution in [2.45, 2.75) is 26.8 Å². The molecule has 0 unspecified atom stereocenters. The van der Waals surface area contributed by atoms with Gasteiger partial charge in [0.25, 0.3) is 11.2 Å². The van der Waals surface area contributed by atoms with Crippen LogP contribution < -0.4 is 16.0 Å². The van der Waals surface area contributed by atoms with E-state index >= 15 is 0 Å². The van der Waals surface area contributed by atoms with Gasteiger partial charge in [0.2, 0.25) is 10.0 Å². The molecule has 1 heterocycles. The maximum atomic E-state index is 13.5. The fraction of sp³-hybridized carbons (Fsp3) is 0.269. The molecular formula is C26H28N4O8S. The summed E-state index contributed by atoms with van der Waals surface area (Å²) < 4.78 is 31.9. The molecule has 0 saturated heterocycles. The molecule has 2 aromatic carbocycles. The van der Waals surface area contributed by atoms with Crippen LogP contribution in [-0.4, -0.2) is 47.9 Å². The molecule has 0 aliphatic rings. The zero-order chi connectivity index (χ0) is 28.9. The molecule has 0 aliphatic carbocycles. The van der Waals surface area contributed by atoms with Crippen molar-refractivity contribution in [3.8, 4) is 5.69 Å². The summed E-state index contributed by atoms with van der Waals surface area (Å²) in [5.74, 6) is -0.913. The van der Waals surface area contributed by atoms with Gasteiger partial charge in [-0.15, -0.1) is 0 Å². The lowest BCUT2D eigenvalue weighted by molar-refractivity contribution is -0.385. The maximum absolute atomic E-state index is 13.5. The van der Waals surface area contributed by atoms with E-state index in [0.717, 1.165) is 21.6 Å². The van der Waals surface area contributed by atoms with Crippen molar-refractivity contribution >= 4 is 27.3 Å². The van der Waals surface area contributed by atoms with E-state index in [0.29, 0.717) is 28.8 Å². The van der Waals surface area contributed by atoms with Crippen molar-refractivity contribution in [3.63, 3.8) is 0 Å². The lowest BCUT2D eigenvalue weighted by atomic mass is 10.0. The monoisotopic (exact) mass is 556 g/mol. The van der Waals surface area contributed by atoms with Crippen molar-refractivity contribution in [1.82, 2.24) is 13.9 Å². The number of aromatic nitrogens is 2. The first-order valence-corrected chi connectivity index (χ1v) is 13.7. The minimum Gasteiger partial charge on any atom is -0.462 e. The maximum Gasteiger partial charge on any atom is 0.345 e. The van der Waals surface area contributed by atoms with E-state index in [4.69, 9.17) is 4.74 Å². The quantitative estimate of drug-likeness (QED) is 0.214. The van der Waals surface area contributed by atoms with Crippen molar-refractivity contribution in [2.24, 2.45) is 0 Å². The molecule has 1 N–H and O–H groups in total. The van der Waals surface area contributed by atoms with Crippen molar-refractivity contribution < 1.29 is 22.9 Å². The van der Waals surface area contributed by atoms with Gasteiger partial charge in [0.05, 0.1) is 30.0 Å². The Morgan fingerprint density at radius 1 is 1.15 bits per heavy atom. The Kier molecular flexibility index (Phi) is 8.99. The predicted molar refractivity (Wildman–Crippen MR) is 146 cm³/mol. The Hall–Kier alpha value is -4.36. The molecule has 13 heteroatoms. The van der Waals surface area contributed by atoms with Crippen LogP contribution in [0.4, 0.5) is 5.69 Å². The Balaban J connectivity index is 2.06. The first kappa shape index (κ1) is 29.2. The second kappa shape index (κ2) is 12.0. The Morgan fingerprint density at radius 3 is 2.41 bits per heavy atom. The van der Waals surface area contributed by atoms with Gasteiger partial charge >= 0.3 is 11.7 Å². The number of sulfonamides is 1. The molecule has 0 spiro atoms. The van der Waals surface area contributed by atoms with Crippen LogP contribution in [0, 0.1) is 17.0 Å². The third-order valence-corrected chi connectivity index (χ3v) is 6.68. The van der Waals surface area contributed by atoms with Gasteiger partial charge in [-0.2, -0.15) is 0 Å². The molecule has 1 aromatic heterocycles. The summed E-state index contributed by atoms with van der Waals surface area (Å²) >= 11 is 0. The normalized spacial score (nSPS) is 11.3. The third-order valence-electron chi connectivity index (χ3n) is 5.95. The predicted octanol–water partition coefficient (Wildman–Crippen LogP) is 2.39. The Bertz CT molecular complexity index is 1650. The molecule has 206 valence electrons. The molecule has 12 nitrogen and oxygen atoms in total. The lowest BCUT2D eigenvalue weighted by Crippen LogP contribution is -2.42. The van der Waals surface area contributed by atoms with Crippen molar-refractivity contribution in [3.05, 3.63) is 108 Å². The van der Waals surface area contributed by atoms with Gasteiger partial charge in [0, 0.05) is 24.4 Å². The number of carbonyl (C=O) groups is 1. The van der Waals surface area contributed by atoms with E-state index in [1.165, 1.54) is 19.1 Å². The Labute approximate surface area is 224 Å². The average molecular weight is 557 g/mol. The number of hydrogen-bond acceptors (Lipinski definition) is 8. The number of nitrogens with zero attached hydrogens (tertiary/aromatic N) is 3. The van der Waals surface area contributed by atoms with E-state index < -0.39 is 32.2 Å². The van der Waals surface area contributed by atoms with Crippen LogP contribution in [-0.2, 0) is 21.3 Å². The number of nitrogens with one attached hydrogen (secondary N) is 1. The minimum atomic E-state index is -3.33. The van der Waals surface area contributed by atoms with E-state index in [1.807, 2.05) is 0 Å². The third kappa shape index (κ3) is 6.94. The van der Waals surface area contributed by atoms with Crippen molar-refractivity contribution in [1.29, 1.82) is 0 Å². The minimum absolute atomic E-state index is 0.00633. The molecule has 0 atom stereocenters. The van der Waals surface area contributed by atoms with Crippen LogP contribution in [0.5, 0.6) is 0 Å². The summed E-state index contributed by atoms with van der Waals surface area (Å²) in [5.41, 5.74) is 0.162. The highest BCUT2D eigenvalue weighted by atomic mass is 32.2. The van der Waals surface area contributed by atoms with Crippen LogP contribution in [0.2, 0.25) is 0 Å². The number of rotatable bonds is 11. The van der Waals surface area contributed by atoms with Crippen LogP contribution in [0.25, 0.3) is 11.3 Å². The number of benzene rings is 2. The van der Waals surface area contributed by atoms with Gasteiger partial charge in [0.15, 0.2) is 0 Å². The zero-order valence-corrected chi connectivity index (χ0v) is 22.5. The molecule has 3 aromatic rings. The SMILES string of the molecule is C=C(CCNS(C)(=O)=O)c1ccc(-n2cc(C(=O)OCC)c(=O)n(Cc3cccc([N+](=O)[O-])c3C)c2=O)cc1. The van der Waals surface area contributed by atoms with Gasteiger partial charge in [0.1, 0.15) is 5.56 Å². The van der Waals surface area contributed by atoms with Gasteiger partial charge in [-0.25, -0.2) is 22.7 Å². The number of ether oxygens (including phenoxy) is 1. The molecule has 0 saturated carbocycles. The smallest absolute Gasteiger partial charge is 0.345 e. The molecule has 0 radical (unpaired) electrons. The summed E-state index contributed by atoms with van der Waals surface area (Å²) in [7, 11) is -3.33. The second-order valence-electron chi connectivity index (χ2n) is 8.69. The number of esters is 1. The highest BCUT2D eigenvalue weighted by molar-refractivity contribution is 7.88. The number of nitro benzene ring substituents is 1. The van der Waals surface area contributed by atoms with E-state index in [1.54, 1.807) is 37.3 Å². The van der Waals surface area contributed by atoms with Crippen LogP contribution in [0.1, 0.15) is 40.4 Å². The van der Waals surface area contributed by atoms with E-state index in [-0.39, 0.29) is 36.5 Å². The van der Waals surface area contributed by atoms with Gasteiger partial charge in [-0.05, 0) is 49.1 Å². The fourth-order valence-electron chi connectivity index (χ4n) is 3.87. The first-order chi connectivity index (χ1) is 18.3. The van der Waals surface area contributed by atoms with Crippen LogP contribution >= 0.6 is 0 Å². The number of carbonyl (C=O) groups excluding carboxylic acids is 1. The largest absolute Gasteiger partial charge is 0.462 e.